The minimum Gasteiger partial charge on any atom is -0.223 e. The molecule has 1 heterocycles. The highest BCUT2D eigenvalue weighted by atomic mass is 35.5. The summed E-state index contributed by atoms with van der Waals surface area (Å²) in [4.78, 5) is 5.29. The predicted octanol–water partition coefficient (Wildman–Crippen LogP) is 6.90. The predicted molar refractivity (Wildman–Crippen MR) is 71.4 cm³/mol. The second-order valence-electron chi connectivity index (χ2n) is 6.18. The average molecular weight is 547 g/mol. The van der Waals surface area contributed by atoms with Gasteiger partial charge in [-0.3, -0.25) is 0 Å². The molecule has 0 N–H and O–H groups in total. The first kappa shape index (κ1) is 29.2. The van der Waals surface area contributed by atoms with Crippen molar-refractivity contribution in [2.24, 2.45) is 0 Å². The highest BCUT2D eigenvalue weighted by Gasteiger charge is 2.95. The Kier molecular flexibility index (Phi) is 6.72. The van der Waals surface area contributed by atoms with Crippen LogP contribution in [-0.2, 0) is 5.92 Å². The monoisotopic (exact) mass is 546 g/mol. The molecule has 0 aliphatic carbocycles. The van der Waals surface area contributed by atoms with Crippen LogP contribution in [0.4, 0.5) is 74.6 Å². The summed E-state index contributed by atoms with van der Waals surface area (Å²) in [6, 6.07) is -0.307. The molecule has 2 nitrogen and oxygen atoms in total. The van der Waals surface area contributed by atoms with Crippen LogP contribution in [0.1, 0.15) is 11.4 Å². The molecule has 0 unspecified atom stereocenters. The van der Waals surface area contributed by atoms with Crippen LogP contribution in [0.5, 0.6) is 0 Å². The largest absolute Gasteiger partial charge is 0.460 e. The number of hydrogen-bond acceptors (Lipinski definition) is 2. The zero-order valence-electron chi connectivity index (χ0n) is 14.8. The molecule has 0 aliphatic rings. The molecule has 0 radical (unpaired) electrons. The maximum Gasteiger partial charge on any atom is 0.460 e. The zero-order chi connectivity index (χ0) is 26.9. The van der Waals surface area contributed by atoms with E-state index in [4.69, 9.17) is 11.6 Å². The molecule has 0 bridgehead atoms. The fourth-order valence-electron chi connectivity index (χ4n) is 2.02. The standard InChI is InChI=1S/C13H4ClF17N2/c1-3-2-4(33-5(14)32-3)6(15,16)7(17,18)8(19,20)9(21,22)10(23,24)11(25,26)12(27,28)13(29,30)31/h2H,1H3. The molecule has 33 heavy (non-hydrogen) atoms. The molecule has 1 aromatic rings. The summed E-state index contributed by atoms with van der Waals surface area (Å²) < 4.78 is 224. The third-order valence-electron chi connectivity index (χ3n) is 3.87. The van der Waals surface area contributed by atoms with E-state index < -0.39 is 64.3 Å². The Morgan fingerprint density at radius 1 is 0.545 bits per heavy atom. The average Bonchev–Trinajstić information content (AvgIpc) is 2.58. The van der Waals surface area contributed by atoms with E-state index in [1.807, 2.05) is 0 Å². The molecule has 0 amide bonds. The van der Waals surface area contributed by atoms with Gasteiger partial charge in [0.25, 0.3) is 0 Å². The number of nitrogens with zero attached hydrogens (tertiary/aromatic N) is 2. The summed E-state index contributed by atoms with van der Waals surface area (Å²) in [5.74, 6) is -57.1. The van der Waals surface area contributed by atoms with Gasteiger partial charge in [-0.25, -0.2) is 9.97 Å². The first-order valence-corrected chi connectivity index (χ1v) is 7.75. The SMILES string of the molecule is Cc1cc(C(F)(F)C(F)(F)C(F)(F)C(F)(F)C(F)(F)C(F)(F)C(F)(F)C(F)(F)F)nc(Cl)n1. The van der Waals surface area contributed by atoms with E-state index in [0.29, 0.717) is 6.92 Å². The lowest BCUT2D eigenvalue weighted by atomic mass is 9.88. The first-order chi connectivity index (χ1) is 14.1. The Labute approximate surface area is 174 Å². The fourth-order valence-corrected chi connectivity index (χ4v) is 2.24. The minimum atomic E-state index is -8.68. The first-order valence-electron chi connectivity index (χ1n) is 7.37. The Hall–Kier alpha value is -1.82. The highest BCUT2D eigenvalue weighted by molar-refractivity contribution is 6.28. The van der Waals surface area contributed by atoms with E-state index >= 15 is 0 Å². The van der Waals surface area contributed by atoms with Crippen LogP contribution in [0.3, 0.4) is 0 Å². The van der Waals surface area contributed by atoms with Gasteiger partial charge in [0.15, 0.2) is 0 Å². The van der Waals surface area contributed by atoms with Gasteiger partial charge in [-0.1, -0.05) is 0 Å². The lowest BCUT2D eigenvalue weighted by Gasteiger charge is -2.42. The van der Waals surface area contributed by atoms with Gasteiger partial charge in [0.05, 0.1) is 0 Å². The van der Waals surface area contributed by atoms with Crippen molar-refractivity contribution in [3.8, 4) is 0 Å². The van der Waals surface area contributed by atoms with Crippen LogP contribution in [0, 0.1) is 6.92 Å². The Balaban J connectivity index is 3.76. The lowest BCUT2D eigenvalue weighted by molar-refractivity contribution is -0.462. The fraction of sp³-hybridized carbons (Fsp3) is 0.692. The van der Waals surface area contributed by atoms with Crippen molar-refractivity contribution in [3.05, 3.63) is 22.7 Å². The van der Waals surface area contributed by atoms with Gasteiger partial charge >= 0.3 is 47.6 Å². The van der Waals surface area contributed by atoms with Crippen molar-refractivity contribution < 1.29 is 74.6 Å². The topological polar surface area (TPSA) is 25.8 Å². The quantitative estimate of drug-likeness (QED) is 0.275. The summed E-state index contributed by atoms with van der Waals surface area (Å²) in [7, 11) is 0. The number of hydrogen-bond donors (Lipinski definition) is 0. The molecule has 1 rings (SSSR count). The number of aromatic nitrogens is 2. The van der Waals surface area contributed by atoms with Gasteiger partial charge in [0.2, 0.25) is 5.28 Å². The van der Waals surface area contributed by atoms with Crippen molar-refractivity contribution in [3.63, 3.8) is 0 Å². The van der Waals surface area contributed by atoms with E-state index in [1.54, 1.807) is 0 Å². The van der Waals surface area contributed by atoms with Crippen molar-refractivity contribution in [1.29, 1.82) is 0 Å². The lowest BCUT2D eigenvalue weighted by Crippen LogP contribution is -2.74. The van der Waals surface area contributed by atoms with Gasteiger partial charge in [0.1, 0.15) is 5.69 Å². The van der Waals surface area contributed by atoms with Crippen LogP contribution in [0.15, 0.2) is 6.07 Å². The Morgan fingerprint density at radius 3 is 1.21 bits per heavy atom. The second kappa shape index (κ2) is 7.59. The van der Waals surface area contributed by atoms with Gasteiger partial charge in [-0.15, -0.1) is 0 Å². The molecule has 0 atom stereocenters. The zero-order valence-corrected chi connectivity index (χ0v) is 15.5. The highest BCUT2D eigenvalue weighted by Crippen LogP contribution is 2.64. The molecule has 0 fully saturated rings. The summed E-state index contributed by atoms with van der Waals surface area (Å²) in [5, 5.41) is -1.41. The number of halogens is 18. The molecule has 0 saturated heterocycles. The van der Waals surface area contributed by atoms with Crippen LogP contribution in [-0.4, -0.2) is 51.7 Å². The summed E-state index contributed by atoms with van der Waals surface area (Å²) in [6.45, 7) is 0.673. The molecule has 20 heteroatoms. The van der Waals surface area contributed by atoms with Crippen LogP contribution in [0.25, 0.3) is 0 Å². The Bertz CT molecular complexity index is 871. The van der Waals surface area contributed by atoms with Crippen molar-refractivity contribution in [1.82, 2.24) is 9.97 Å². The molecular weight excluding hydrogens is 543 g/mol. The van der Waals surface area contributed by atoms with E-state index in [-0.39, 0.29) is 6.07 Å². The van der Waals surface area contributed by atoms with Crippen molar-refractivity contribution >= 4 is 11.6 Å². The molecule has 192 valence electrons. The van der Waals surface area contributed by atoms with Gasteiger partial charge in [0, 0.05) is 5.69 Å². The molecule has 0 aliphatic heterocycles. The third kappa shape index (κ3) is 3.82. The third-order valence-corrected chi connectivity index (χ3v) is 4.04. The van der Waals surface area contributed by atoms with Gasteiger partial charge in [-0.05, 0) is 24.6 Å². The van der Waals surface area contributed by atoms with Crippen molar-refractivity contribution in [2.75, 3.05) is 0 Å². The molecule has 0 spiro atoms. The number of aryl methyl sites for hydroxylation is 1. The molecule has 1 aromatic heterocycles. The summed E-state index contributed by atoms with van der Waals surface area (Å²) in [6.07, 6.45) is -7.80. The molecular formula is C13H4ClF17N2. The van der Waals surface area contributed by atoms with E-state index in [0.717, 1.165) is 0 Å². The smallest absolute Gasteiger partial charge is 0.223 e. The van der Waals surface area contributed by atoms with E-state index in [9.17, 15) is 74.6 Å². The van der Waals surface area contributed by atoms with Gasteiger partial charge < -0.3 is 0 Å². The number of rotatable bonds is 7. The summed E-state index contributed by atoms with van der Waals surface area (Å²) >= 11 is 4.99. The van der Waals surface area contributed by atoms with Crippen LogP contribution < -0.4 is 0 Å². The second-order valence-corrected chi connectivity index (χ2v) is 6.52. The van der Waals surface area contributed by atoms with E-state index in [1.165, 1.54) is 0 Å². The minimum absolute atomic E-state index is 0.307. The normalized spacial score (nSPS) is 15.7. The van der Waals surface area contributed by atoms with Gasteiger partial charge in [-0.2, -0.15) is 74.6 Å². The van der Waals surface area contributed by atoms with Crippen LogP contribution >= 0.6 is 11.6 Å². The maximum atomic E-state index is 14.0. The molecule has 0 aromatic carbocycles. The summed E-state index contributed by atoms with van der Waals surface area (Å²) in [5.41, 5.74) is -3.46. The van der Waals surface area contributed by atoms with Crippen molar-refractivity contribution in [2.45, 2.75) is 54.6 Å². The number of alkyl halides is 17. The molecule has 0 saturated carbocycles. The van der Waals surface area contributed by atoms with Crippen LogP contribution in [0.2, 0.25) is 5.28 Å². The Morgan fingerprint density at radius 2 is 0.879 bits per heavy atom. The van der Waals surface area contributed by atoms with E-state index in [2.05, 4.69) is 9.97 Å². The maximum absolute atomic E-state index is 14.0.